The van der Waals surface area contributed by atoms with E-state index in [1.54, 1.807) is 24.3 Å². The lowest BCUT2D eigenvalue weighted by Crippen LogP contribution is -2.32. The van der Waals surface area contributed by atoms with Gasteiger partial charge in [0.05, 0.1) is 19.2 Å². The minimum Gasteiger partial charge on any atom is -0.469 e. The lowest BCUT2D eigenvalue weighted by Gasteiger charge is -2.19. The molecular formula is C32H35N5O5. The highest BCUT2D eigenvalue weighted by molar-refractivity contribution is 6.04. The number of aromatic nitrogens is 3. The summed E-state index contributed by atoms with van der Waals surface area (Å²) in [5.41, 5.74) is 3.45. The molecule has 1 saturated carbocycles. The molecule has 0 radical (unpaired) electrons. The van der Waals surface area contributed by atoms with Crippen LogP contribution in [0.25, 0.3) is 22.3 Å². The molecular weight excluding hydrogens is 534 g/mol. The molecule has 218 valence electrons. The van der Waals surface area contributed by atoms with Crippen LogP contribution in [0, 0.1) is 5.92 Å². The maximum atomic E-state index is 13.6. The Kier molecular flexibility index (Phi) is 8.24. The second kappa shape index (κ2) is 12.0. The van der Waals surface area contributed by atoms with Gasteiger partial charge in [-0.1, -0.05) is 36.4 Å². The van der Waals surface area contributed by atoms with Crippen molar-refractivity contribution in [1.82, 2.24) is 19.9 Å². The predicted octanol–water partition coefficient (Wildman–Crippen LogP) is 5.50. The van der Waals surface area contributed by atoms with Crippen LogP contribution in [-0.4, -0.2) is 45.2 Å². The number of fused-ring (bicyclic) bond motifs is 1. The molecule has 0 saturated heterocycles. The van der Waals surface area contributed by atoms with Crippen molar-refractivity contribution < 1.29 is 23.9 Å². The highest BCUT2D eigenvalue weighted by atomic mass is 16.6. The summed E-state index contributed by atoms with van der Waals surface area (Å²) in [4.78, 5) is 47.1. The minimum atomic E-state index is -0.594. The van der Waals surface area contributed by atoms with Gasteiger partial charge in [0.15, 0.2) is 0 Å². The zero-order valence-electron chi connectivity index (χ0n) is 24.3. The van der Waals surface area contributed by atoms with Gasteiger partial charge >= 0.3 is 12.1 Å². The summed E-state index contributed by atoms with van der Waals surface area (Å²) in [7, 11) is 1.33. The van der Waals surface area contributed by atoms with Gasteiger partial charge < -0.3 is 24.7 Å². The number of benzene rings is 2. The predicted molar refractivity (Wildman–Crippen MR) is 159 cm³/mol. The van der Waals surface area contributed by atoms with E-state index < -0.39 is 23.6 Å². The van der Waals surface area contributed by atoms with Crippen LogP contribution in [0.2, 0.25) is 0 Å². The van der Waals surface area contributed by atoms with Crippen LogP contribution in [0.15, 0.2) is 60.8 Å². The number of para-hydroxylation sites is 1. The molecule has 2 aromatic carbocycles. The number of nitrogens with one attached hydrogen (secondary N) is 2. The van der Waals surface area contributed by atoms with E-state index >= 15 is 0 Å². The molecule has 5 rings (SSSR count). The highest BCUT2D eigenvalue weighted by Crippen LogP contribution is 2.34. The van der Waals surface area contributed by atoms with E-state index in [9.17, 15) is 14.4 Å². The van der Waals surface area contributed by atoms with Crippen LogP contribution < -0.4 is 10.6 Å². The largest absolute Gasteiger partial charge is 0.469 e. The highest BCUT2D eigenvalue weighted by Gasteiger charge is 2.25. The van der Waals surface area contributed by atoms with Crippen LogP contribution in [0.4, 0.5) is 10.5 Å². The third-order valence-electron chi connectivity index (χ3n) is 6.84. The second-order valence-corrected chi connectivity index (χ2v) is 11.5. The molecule has 1 aliphatic rings. The first-order valence-electron chi connectivity index (χ1n) is 14.0. The van der Waals surface area contributed by atoms with E-state index in [2.05, 4.69) is 15.2 Å². The number of hydrogen-bond acceptors (Lipinski definition) is 7. The first kappa shape index (κ1) is 28.8. The summed E-state index contributed by atoms with van der Waals surface area (Å²) in [6, 6.07) is 16.7. The average molecular weight is 570 g/mol. The Labute approximate surface area is 244 Å². The fourth-order valence-corrected chi connectivity index (χ4v) is 4.63. The van der Waals surface area contributed by atoms with Gasteiger partial charge in [-0.3, -0.25) is 9.59 Å². The van der Waals surface area contributed by atoms with Gasteiger partial charge in [-0.25, -0.2) is 14.8 Å². The normalized spacial score (nSPS) is 13.0. The van der Waals surface area contributed by atoms with Crippen LogP contribution in [0.5, 0.6) is 0 Å². The fourth-order valence-electron chi connectivity index (χ4n) is 4.63. The van der Waals surface area contributed by atoms with E-state index in [0.717, 1.165) is 23.1 Å². The molecule has 0 bridgehead atoms. The summed E-state index contributed by atoms with van der Waals surface area (Å²) < 4.78 is 12.2. The standard InChI is InChI=1S/C32H35N5O5/c1-32(2,3)42-31(40)33-18-21-8-7-10-23(16-21)27-24-14-15-37(19-20-12-13-20)29(24)36-28(35-27)30(39)34-25-11-6-5-9-22(25)17-26(38)41-4/h5-11,14-16,20H,12-13,17-19H2,1-4H3,(H,33,40)(H,34,39). The summed E-state index contributed by atoms with van der Waals surface area (Å²) in [5.74, 6) is -0.282. The molecule has 10 heteroatoms. The zero-order valence-corrected chi connectivity index (χ0v) is 24.3. The summed E-state index contributed by atoms with van der Waals surface area (Å²) in [6.45, 7) is 6.53. The molecule has 0 unspecified atom stereocenters. The third kappa shape index (κ3) is 7.12. The van der Waals surface area contributed by atoms with E-state index in [1.807, 2.05) is 57.3 Å². The summed E-state index contributed by atoms with van der Waals surface area (Å²) >= 11 is 0. The molecule has 1 aliphatic carbocycles. The third-order valence-corrected chi connectivity index (χ3v) is 6.84. The van der Waals surface area contributed by atoms with Gasteiger partial charge in [0.1, 0.15) is 11.2 Å². The molecule has 0 atom stereocenters. The summed E-state index contributed by atoms with van der Waals surface area (Å²) in [5, 5.41) is 6.50. The molecule has 2 aromatic heterocycles. The van der Waals surface area contributed by atoms with Crippen molar-refractivity contribution in [3.05, 3.63) is 77.7 Å². The number of esters is 1. The number of amides is 2. The van der Waals surface area contributed by atoms with Gasteiger partial charge in [0.25, 0.3) is 5.91 Å². The van der Waals surface area contributed by atoms with Crippen LogP contribution >= 0.6 is 0 Å². The smallest absolute Gasteiger partial charge is 0.407 e. The van der Waals surface area contributed by atoms with E-state index in [0.29, 0.717) is 28.5 Å². The Morgan fingerprint density at radius 2 is 1.81 bits per heavy atom. The number of carbonyl (C=O) groups is 3. The number of methoxy groups -OCH3 is 1. The lowest BCUT2D eigenvalue weighted by molar-refractivity contribution is -0.139. The zero-order chi connectivity index (χ0) is 29.9. The Bertz CT molecular complexity index is 1630. The fraction of sp³-hybridized carbons (Fsp3) is 0.344. The molecule has 0 aliphatic heterocycles. The number of rotatable bonds is 9. The van der Waals surface area contributed by atoms with E-state index in [4.69, 9.17) is 19.4 Å². The topological polar surface area (TPSA) is 124 Å². The lowest BCUT2D eigenvalue weighted by atomic mass is 10.1. The Hall–Kier alpha value is -4.73. The van der Waals surface area contributed by atoms with Gasteiger partial charge in [-0.05, 0) is 68.9 Å². The molecule has 2 heterocycles. The van der Waals surface area contributed by atoms with Gasteiger partial charge in [-0.2, -0.15) is 0 Å². The maximum absolute atomic E-state index is 13.6. The first-order valence-corrected chi connectivity index (χ1v) is 14.0. The summed E-state index contributed by atoms with van der Waals surface area (Å²) in [6.07, 6.45) is 3.86. The number of anilines is 1. The number of carbonyl (C=O) groups excluding carboxylic acids is 3. The van der Waals surface area contributed by atoms with Crippen molar-refractivity contribution in [2.75, 3.05) is 12.4 Å². The van der Waals surface area contributed by atoms with Gasteiger partial charge in [-0.15, -0.1) is 0 Å². The number of hydrogen-bond donors (Lipinski definition) is 2. The van der Waals surface area contributed by atoms with Crippen molar-refractivity contribution in [3.63, 3.8) is 0 Å². The Balaban J connectivity index is 1.47. The SMILES string of the molecule is COC(=O)Cc1ccccc1NC(=O)c1nc(-c2cccc(CNC(=O)OC(C)(C)C)c2)c2ccn(CC3CC3)c2n1. The quantitative estimate of drug-likeness (QED) is 0.255. The van der Waals surface area contributed by atoms with Gasteiger partial charge in [0.2, 0.25) is 5.82 Å². The molecule has 2 N–H and O–H groups in total. The molecule has 2 amide bonds. The van der Waals surface area contributed by atoms with Crippen LogP contribution in [-0.2, 0) is 33.8 Å². The van der Waals surface area contributed by atoms with Crippen molar-refractivity contribution in [3.8, 4) is 11.3 Å². The van der Waals surface area contributed by atoms with Crippen LogP contribution in [0.3, 0.4) is 0 Å². The minimum absolute atomic E-state index is 0.0124. The average Bonchev–Trinajstić information content (AvgIpc) is 3.69. The Morgan fingerprint density at radius 1 is 1.02 bits per heavy atom. The monoisotopic (exact) mass is 569 g/mol. The van der Waals surface area contributed by atoms with Gasteiger partial charge in [0, 0.05) is 35.9 Å². The molecule has 4 aromatic rings. The van der Waals surface area contributed by atoms with Crippen molar-refractivity contribution >= 4 is 34.7 Å². The number of alkyl carbamates (subject to hydrolysis) is 1. The number of ether oxygens (including phenoxy) is 2. The van der Waals surface area contributed by atoms with Crippen molar-refractivity contribution in [1.29, 1.82) is 0 Å². The molecule has 0 spiro atoms. The second-order valence-electron chi connectivity index (χ2n) is 11.5. The maximum Gasteiger partial charge on any atom is 0.407 e. The van der Waals surface area contributed by atoms with Crippen molar-refractivity contribution in [2.45, 2.75) is 58.7 Å². The van der Waals surface area contributed by atoms with E-state index in [1.165, 1.54) is 20.0 Å². The van der Waals surface area contributed by atoms with Crippen LogP contribution in [0.1, 0.15) is 55.4 Å². The van der Waals surface area contributed by atoms with Crippen molar-refractivity contribution in [2.24, 2.45) is 5.92 Å². The first-order chi connectivity index (χ1) is 20.1. The Morgan fingerprint density at radius 3 is 2.55 bits per heavy atom. The molecule has 42 heavy (non-hydrogen) atoms. The van der Waals surface area contributed by atoms with E-state index in [-0.39, 0.29) is 18.8 Å². The molecule has 1 fully saturated rings. The number of nitrogens with zero attached hydrogens (tertiary/aromatic N) is 3. The molecule has 10 nitrogen and oxygen atoms in total.